The average Bonchev–Trinajstić information content (AvgIpc) is 2.48. The van der Waals surface area contributed by atoms with E-state index in [-0.39, 0.29) is 17.9 Å². The van der Waals surface area contributed by atoms with Crippen molar-refractivity contribution >= 4 is 11.6 Å². The second kappa shape index (κ2) is 7.18. The molecular weight excluding hydrogens is 274 g/mol. The molecule has 0 aliphatic heterocycles. The van der Waals surface area contributed by atoms with Gasteiger partial charge in [-0.3, -0.25) is 9.78 Å². The van der Waals surface area contributed by atoms with Gasteiger partial charge in [0.25, 0.3) is 0 Å². The van der Waals surface area contributed by atoms with Crippen molar-refractivity contribution in [1.82, 2.24) is 10.3 Å². The van der Waals surface area contributed by atoms with Crippen LogP contribution in [0.3, 0.4) is 0 Å². The highest BCUT2D eigenvalue weighted by Gasteiger charge is 2.13. The van der Waals surface area contributed by atoms with Crippen molar-refractivity contribution in [2.75, 3.05) is 11.9 Å². The molecule has 4 nitrogen and oxygen atoms in total. The zero-order chi connectivity index (χ0) is 16.0. The molecule has 0 saturated heterocycles. The van der Waals surface area contributed by atoms with E-state index in [0.29, 0.717) is 6.54 Å². The van der Waals surface area contributed by atoms with E-state index < -0.39 is 0 Å². The van der Waals surface area contributed by atoms with Gasteiger partial charge in [-0.05, 0) is 35.2 Å². The molecule has 0 saturated carbocycles. The lowest BCUT2D eigenvalue weighted by molar-refractivity contribution is -0.115. The largest absolute Gasteiger partial charge is 0.325 e. The molecule has 0 aliphatic rings. The summed E-state index contributed by atoms with van der Waals surface area (Å²) in [5.74, 6) is -0.0561. The van der Waals surface area contributed by atoms with E-state index in [4.69, 9.17) is 0 Å². The third kappa shape index (κ3) is 4.97. The van der Waals surface area contributed by atoms with Crippen LogP contribution in [0.25, 0.3) is 0 Å². The van der Waals surface area contributed by atoms with Gasteiger partial charge in [0.05, 0.1) is 12.2 Å². The van der Waals surface area contributed by atoms with Gasteiger partial charge in [-0.25, -0.2) is 0 Å². The highest BCUT2D eigenvalue weighted by Crippen LogP contribution is 2.23. The maximum atomic E-state index is 11.9. The lowest BCUT2D eigenvalue weighted by atomic mass is 9.87. The molecule has 0 atom stereocenters. The number of hydrogen-bond donors (Lipinski definition) is 2. The maximum absolute atomic E-state index is 11.9. The van der Waals surface area contributed by atoms with Gasteiger partial charge in [-0.15, -0.1) is 0 Å². The van der Waals surface area contributed by atoms with Crippen LogP contribution in [0.1, 0.15) is 32.0 Å². The molecule has 1 aromatic heterocycles. The first-order chi connectivity index (χ1) is 10.4. The molecule has 1 amide bonds. The Morgan fingerprint density at radius 1 is 1.09 bits per heavy atom. The fourth-order valence-corrected chi connectivity index (χ4v) is 2.07. The van der Waals surface area contributed by atoms with Gasteiger partial charge in [0.2, 0.25) is 5.91 Å². The number of hydrogen-bond acceptors (Lipinski definition) is 3. The van der Waals surface area contributed by atoms with Crippen LogP contribution in [0.5, 0.6) is 0 Å². The number of benzene rings is 1. The summed E-state index contributed by atoms with van der Waals surface area (Å²) < 4.78 is 0. The third-order valence-electron chi connectivity index (χ3n) is 3.35. The van der Waals surface area contributed by atoms with Crippen LogP contribution in [0.4, 0.5) is 5.69 Å². The summed E-state index contributed by atoms with van der Waals surface area (Å²) >= 11 is 0. The zero-order valence-corrected chi connectivity index (χ0v) is 13.4. The molecule has 0 fully saturated rings. The molecule has 1 aromatic carbocycles. The number of aromatic nitrogens is 1. The number of anilines is 1. The topological polar surface area (TPSA) is 54.0 Å². The summed E-state index contributed by atoms with van der Waals surface area (Å²) in [5.41, 5.74) is 3.11. The predicted molar refractivity (Wildman–Crippen MR) is 89.7 cm³/mol. The van der Waals surface area contributed by atoms with Gasteiger partial charge in [-0.1, -0.05) is 39.0 Å². The monoisotopic (exact) mass is 297 g/mol. The van der Waals surface area contributed by atoms with Crippen molar-refractivity contribution in [3.05, 3.63) is 59.9 Å². The van der Waals surface area contributed by atoms with Crippen LogP contribution < -0.4 is 10.6 Å². The molecule has 0 aliphatic carbocycles. The number of carbonyl (C=O) groups excluding carboxylic acids is 1. The van der Waals surface area contributed by atoms with Crippen molar-refractivity contribution in [2.24, 2.45) is 0 Å². The zero-order valence-electron chi connectivity index (χ0n) is 13.4. The van der Waals surface area contributed by atoms with Crippen molar-refractivity contribution in [3.63, 3.8) is 0 Å². The van der Waals surface area contributed by atoms with Gasteiger partial charge >= 0.3 is 0 Å². The van der Waals surface area contributed by atoms with E-state index in [2.05, 4.69) is 48.5 Å². The van der Waals surface area contributed by atoms with Gasteiger partial charge < -0.3 is 10.6 Å². The lowest BCUT2D eigenvalue weighted by Crippen LogP contribution is -2.28. The second-order valence-corrected chi connectivity index (χ2v) is 6.30. The Bertz CT molecular complexity index is 600. The highest BCUT2D eigenvalue weighted by atomic mass is 16.1. The van der Waals surface area contributed by atoms with E-state index in [1.54, 1.807) is 6.20 Å². The van der Waals surface area contributed by atoms with E-state index in [1.165, 1.54) is 5.56 Å². The smallest absolute Gasteiger partial charge is 0.238 e. The normalized spacial score (nSPS) is 11.2. The summed E-state index contributed by atoms with van der Waals surface area (Å²) in [6.07, 6.45) is 1.74. The molecule has 0 spiro atoms. The Labute approximate surface area is 132 Å². The standard InChI is InChI=1S/C18H23N3O/c1-18(2,3)14-7-9-15(10-8-14)21-17(22)13-19-12-16-6-4-5-11-20-16/h4-11,19H,12-13H2,1-3H3,(H,21,22). The Kier molecular flexibility index (Phi) is 5.28. The molecule has 4 heteroatoms. The Morgan fingerprint density at radius 2 is 1.82 bits per heavy atom. The van der Waals surface area contributed by atoms with Crippen molar-refractivity contribution in [3.8, 4) is 0 Å². The molecule has 2 N–H and O–H groups in total. The molecule has 2 aromatic rings. The van der Waals surface area contributed by atoms with Gasteiger partial charge in [-0.2, -0.15) is 0 Å². The van der Waals surface area contributed by atoms with Crippen LogP contribution in [0.2, 0.25) is 0 Å². The van der Waals surface area contributed by atoms with Crippen molar-refractivity contribution in [2.45, 2.75) is 32.7 Å². The van der Waals surface area contributed by atoms with E-state index in [9.17, 15) is 4.79 Å². The van der Waals surface area contributed by atoms with Crippen LogP contribution >= 0.6 is 0 Å². The van der Waals surface area contributed by atoms with Gasteiger partial charge in [0.15, 0.2) is 0 Å². The minimum atomic E-state index is -0.0561. The molecule has 2 rings (SSSR count). The predicted octanol–water partition coefficient (Wildman–Crippen LogP) is 3.11. The summed E-state index contributed by atoms with van der Waals surface area (Å²) in [4.78, 5) is 16.1. The van der Waals surface area contributed by atoms with Crippen molar-refractivity contribution in [1.29, 1.82) is 0 Å². The van der Waals surface area contributed by atoms with Gasteiger partial charge in [0.1, 0.15) is 0 Å². The molecule has 0 bridgehead atoms. The number of nitrogens with zero attached hydrogens (tertiary/aromatic N) is 1. The second-order valence-electron chi connectivity index (χ2n) is 6.30. The first-order valence-electron chi connectivity index (χ1n) is 7.46. The molecule has 0 radical (unpaired) electrons. The highest BCUT2D eigenvalue weighted by molar-refractivity contribution is 5.92. The molecule has 1 heterocycles. The van der Waals surface area contributed by atoms with E-state index in [0.717, 1.165) is 11.4 Å². The van der Waals surface area contributed by atoms with Crippen LogP contribution in [-0.4, -0.2) is 17.4 Å². The van der Waals surface area contributed by atoms with E-state index in [1.807, 2.05) is 30.3 Å². The number of pyridine rings is 1. The molecular formula is C18H23N3O. The molecule has 0 unspecified atom stereocenters. The molecule has 22 heavy (non-hydrogen) atoms. The summed E-state index contributed by atoms with van der Waals surface area (Å²) in [6.45, 7) is 7.35. The van der Waals surface area contributed by atoms with Crippen molar-refractivity contribution < 1.29 is 4.79 Å². The minimum absolute atomic E-state index is 0.0561. The Balaban J connectivity index is 1.79. The third-order valence-corrected chi connectivity index (χ3v) is 3.35. The summed E-state index contributed by atoms with van der Waals surface area (Å²) in [7, 11) is 0. The maximum Gasteiger partial charge on any atom is 0.238 e. The van der Waals surface area contributed by atoms with E-state index >= 15 is 0 Å². The number of rotatable bonds is 5. The fourth-order valence-electron chi connectivity index (χ4n) is 2.07. The van der Waals surface area contributed by atoms with Crippen LogP contribution in [0, 0.1) is 0 Å². The first-order valence-corrected chi connectivity index (χ1v) is 7.46. The van der Waals surface area contributed by atoms with Gasteiger partial charge in [0, 0.05) is 18.4 Å². The quantitative estimate of drug-likeness (QED) is 0.891. The summed E-state index contributed by atoms with van der Waals surface area (Å²) in [5, 5.41) is 5.97. The number of amides is 1. The number of carbonyl (C=O) groups is 1. The average molecular weight is 297 g/mol. The lowest BCUT2D eigenvalue weighted by Gasteiger charge is -2.19. The minimum Gasteiger partial charge on any atom is -0.325 e. The molecule has 116 valence electrons. The first kappa shape index (κ1) is 16.2. The summed E-state index contributed by atoms with van der Waals surface area (Å²) in [6, 6.07) is 13.7. The Hall–Kier alpha value is -2.20. The van der Waals surface area contributed by atoms with Crippen LogP contribution in [-0.2, 0) is 16.8 Å². The van der Waals surface area contributed by atoms with Crippen LogP contribution in [0.15, 0.2) is 48.7 Å². The Morgan fingerprint density at radius 3 is 2.41 bits per heavy atom. The fraction of sp³-hybridized carbons (Fsp3) is 0.333. The number of nitrogens with one attached hydrogen (secondary N) is 2. The SMILES string of the molecule is CC(C)(C)c1ccc(NC(=O)CNCc2ccccn2)cc1.